The number of nitrogens with zero attached hydrogens (tertiary/aromatic N) is 2. The van der Waals surface area contributed by atoms with Crippen LogP contribution in [0.5, 0.6) is 11.5 Å². The number of hydrogen-bond acceptors (Lipinski definition) is 6. The van der Waals surface area contributed by atoms with Crippen LogP contribution in [0.4, 0.5) is 0 Å². The fourth-order valence-electron chi connectivity index (χ4n) is 4.28. The van der Waals surface area contributed by atoms with Crippen molar-refractivity contribution in [2.75, 3.05) is 7.11 Å². The maximum Gasteiger partial charge on any atom is 0.295 e. The Bertz CT molecular complexity index is 1280. The summed E-state index contributed by atoms with van der Waals surface area (Å²) in [6.45, 7) is 5.87. The van der Waals surface area contributed by atoms with Crippen LogP contribution in [0.3, 0.4) is 0 Å². The van der Waals surface area contributed by atoms with E-state index in [9.17, 15) is 14.7 Å². The van der Waals surface area contributed by atoms with Crippen molar-refractivity contribution in [1.82, 2.24) is 9.88 Å². The predicted molar refractivity (Wildman–Crippen MR) is 132 cm³/mol. The third-order valence-electron chi connectivity index (χ3n) is 5.88. The van der Waals surface area contributed by atoms with Gasteiger partial charge in [0.1, 0.15) is 17.3 Å². The molecule has 1 fully saturated rings. The number of benzene rings is 2. The summed E-state index contributed by atoms with van der Waals surface area (Å²) in [4.78, 5) is 32.1. The first-order valence-electron chi connectivity index (χ1n) is 11.4. The van der Waals surface area contributed by atoms with Crippen LogP contribution in [0.15, 0.2) is 72.6 Å². The van der Waals surface area contributed by atoms with Gasteiger partial charge in [0.15, 0.2) is 0 Å². The van der Waals surface area contributed by atoms with Crippen molar-refractivity contribution < 1.29 is 24.2 Å². The van der Waals surface area contributed by atoms with Gasteiger partial charge in [0, 0.05) is 23.5 Å². The van der Waals surface area contributed by atoms with Crippen LogP contribution >= 0.6 is 0 Å². The highest BCUT2D eigenvalue weighted by molar-refractivity contribution is 6.46. The number of methoxy groups -OCH3 is 1. The third-order valence-corrected chi connectivity index (χ3v) is 5.88. The van der Waals surface area contributed by atoms with E-state index in [4.69, 9.17) is 9.47 Å². The highest BCUT2D eigenvalue weighted by Crippen LogP contribution is 2.41. The molecule has 1 aliphatic rings. The number of aromatic nitrogens is 1. The fraction of sp³-hybridized carbons (Fsp3) is 0.250. The maximum atomic E-state index is 13.3. The second-order valence-corrected chi connectivity index (χ2v) is 8.67. The van der Waals surface area contributed by atoms with Gasteiger partial charge in [-0.05, 0) is 62.2 Å². The van der Waals surface area contributed by atoms with E-state index in [1.807, 2.05) is 39.0 Å². The summed E-state index contributed by atoms with van der Waals surface area (Å²) in [6, 6.07) is 15.2. The van der Waals surface area contributed by atoms with E-state index >= 15 is 0 Å². The van der Waals surface area contributed by atoms with Crippen molar-refractivity contribution in [3.8, 4) is 11.5 Å². The van der Waals surface area contributed by atoms with Crippen molar-refractivity contribution in [3.63, 3.8) is 0 Å². The topological polar surface area (TPSA) is 89.0 Å². The van der Waals surface area contributed by atoms with Gasteiger partial charge in [-0.2, -0.15) is 0 Å². The van der Waals surface area contributed by atoms with Gasteiger partial charge in [-0.25, -0.2) is 0 Å². The molecule has 0 spiro atoms. The summed E-state index contributed by atoms with van der Waals surface area (Å²) in [5, 5.41) is 11.3. The Kier molecular flexibility index (Phi) is 6.87. The second kappa shape index (κ2) is 10.0. The molecular formula is C28H28N2O5. The van der Waals surface area contributed by atoms with Crippen LogP contribution in [-0.4, -0.2) is 39.9 Å². The average molecular weight is 473 g/mol. The zero-order valence-electron chi connectivity index (χ0n) is 20.2. The van der Waals surface area contributed by atoms with Gasteiger partial charge >= 0.3 is 0 Å². The SMILES string of the molecule is COc1ccccc1CN1C(=O)C(=O)/C(=C(\O)c2ccc(OC(C)C)c(C)c2)C1c1cccnc1. The number of para-hydroxylation sites is 1. The Balaban J connectivity index is 1.82. The number of aryl methyl sites for hydroxylation is 1. The molecule has 35 heavy (non-hydrogen) atoms. The summed E-state index contributed by atoms with van der Waals surface area (Å²) < 4.78 is 11.2. The van der Waals surface area contributed by atoms with Gasteiger partial charge in [-0.1, -0.05) is 24.3 Å². The van der Waals surface area contributed by atoms with Crippen molar-refractivity contribution >= 4 is 17.4 Å². The molecule has 1 atom stereocenters. The van der Waals surface area contributed by atoms with Gasteiger partial charge in [0.05, 0.1) is 31.4 Å². The molecule has 4 rings (SSSR count). The number of ether oxygens (including phenoxy) is 2. The molecule has 2 aromatic carbocycles. The molecule has 1 aromatic heterocycles. The molecule has 0 bridgehead atoms. The minimum Gasteiger partial charge on any atom is -0.507 e. The number of ketones is 1. The Morgan fingerprint density at radius 3 is 2.51 bits per heavy atom. The molecule has 1 N–H and O–H groups in total. The minimum absolute atomic E-state index is 0.000898. The van der Waals surface area contributed by atoms with Crippen LogP contribution < -0.4 is 9.47 Å². The van der Waals surface area contributed by atoms with Crippen LogP contribution in [0.1, 0.15) is 42.1 Å². The van der Waals surface area contributed by atoms with Gasteiger partial charge < -0.3 is 19.5 Å². The number of rotatable bonds is 7. The number of hydrogen-bond donors (Lipinski definition) is 1. The number of pyridine rings is 1. The van der Waals surface area contributed by atoms with E-state index in [0.29, 0.717) is 22.6 Å². The van der Waals surface area contributed by atoms with Crippen LogP contribution in [-0.2, 0) is 16.1 Å². The lowest BCUT2D eigenvalue weighted by atomic mass is 9.95. The molecule has 1 unspecified atom stereocenters. The van der Waals surface area contributed by atoms with Crippen molar-refractivity contribution in [1.29, 1.82) is 0 Å². The minimum atomic E-state index is -0.805. The van der Waals surface area contributed by atoms with Crippen molar-refractivity contribution in [2.45, 2.75) is 39.5 Å². The monoisotopic (exact) mass is 472 g/mol. The maximum absolute atomic E-state index is 13.3. The molecule has 2 heterocycles. The number of carbonyl (C=O) groups is 2. The highest BCUT2D eigenvalue weighted by Gasteiger charge is 2.46. The summed E-state index contributed by atoms with van der Waals surface area (Å²) in [5.41, 5.74) is 2.64. The number of Topliss-reactive ketones (excluding diaryl/α,β-unsaturated/α-hetero) is 1. The molecule has 3 aromatic rings. The molecule has 1 aliphatic heterocycles. The number of aliphatic hydroxyl groups is 1. The van der Waals surface area contributed by atoms with E-state index in [1.54, 1.807) is 55.9 Å². The molecule has 1 amide bonds. The van der Waals surface area contributed by atoms with Gasteiger partial charge in [-0.15, -0.1) is 0 Å². The summed E-state index contributed by atoms with van der Waals surface area (Å²) >= 11 is 0. The first-order chi connectivity index (χ1) is 16.8. The molecule has 0 aliphatic carbocycles. The van der Waals surface area contributed by atoms with Gasteiger partial charge in [0.2, 0.25) is 0 Å². The molecule has 0 saturated carbocycles. The van der Waals surface area contributed by atoms with Crippen LogP contribution in [0, 0.1) is 6.92 Å². The third kappa shape index (κ3) is 4.75. The molecule has 180 valence electrons. The number of carbonyl (C=O) groups excluding carboxylic acids is 2. The zero-order valence-corrected chi connectivity index (χ0v) is 20.2. The van der Waals surface area contributed by atoms with Crippen molar-refractivity contribution in [3.05, 3.63) is 94.8 Å². The van der Waals surface area contributed by atoms with Gasteiger partial charge in [-0.3, -0.25) is 14.6 Å². The number of aliphatic hydroxyl groups excluding tert-OH is 1. The molecular weight excluding hydrogens is 444 g/mol. The van der Waals surface area contributed by atoms with E-state index in [-0.39, 0.29) is 24.0 Å². The summed E-state index contributed by atoms with van der Waals surface area (Å²) in [6.07, 6.45) is 3.22. The molecule has 7 nitrogen and oxygen atoms in total. The smallest absolute Gasteiger partial charge is 0.295 e. The van der Waals surface area contributed by atoms with Crippen LogP contribution in [0.25, 0.3) is 5.76 Å². The second-order valence-electron chi connectivity index (χ2n) is 8.67. The molecule has 7 heteroatoms. The Hall–Kier alpha value is -4.13. The Labute approximate surface area is 204 Å². The van der Waals surface area contributed by atoms with Crippen LogP contribution in [0.2, 0.25) is 0 Å². The lowest BCUT2D eigenvalue weighted by Crippen LogP contribution is -2.29. The quantitative estimate of drug-likeness (QED) is 0.302. The summed E-state index contributed by atoms with van der Waals surface area (Å²) in [7, 11) is 1.56. The lowest BCUT2D eigenvalue weighted by molar-refractivity contribution is -0.140. The number of amides is 1. The zero-order chi connectivity index (χ0) is 25.1. The molecule has 0 radical (unpaired) electrons. The standard InChI is InChI=1S/C28H28N2O5/c1-17(2)35-22-12-11-19(14-18(22)3)26(31)24-25(20-9-7-13-29-15-20)30(28(33)27(24)32)16-21-8-5-6-10-23(21)34-4/h5-15,17,25,31H,16H2,1-4H3/b26-24-. The Morgan fingerprint density at radius 2 is 1.86 bits per heavy atom. The largest absolute Gasteiger partial charge is 0.507 e. The van der Waals surface area contributed by atoms with E-state index < -0.39 is 17.7 Å². The molecule has 1 saturated heterocycles. The first kappa shape index (κ1) is 24.0. The first-order valence-corrected chi connectivity index (χ1v) is 11.4. The Morgan fingerprint density at radius 1 is 1.09 bits per heavy atom. The van der Waals surface area contributed by atoms with E-state index in [1.165, 1.54) is 4.90 Å². The fourth-order valence-corrected chi connectivity index (χ4v) is 4.28. The normalized spacial score (nSPS) is 17.2. The van der Waals surface area contributed by atoms with E-state index in [2.05, 4.69) is 4.98 Å². The van der Waals surface area contributed by atoms with E-state index in [0.717, 1.165) is 11.1 Å². The average Bonchev–Trinajstić information content (AvgIpc) is 3.10. The van der Waals surface area contributed by atoms with Gasteiger partial charge in [0.25, 0.3) is 11.7 Å². The predicted octanol–water partition coefficient (Wildman–Crippen LogP) is 4.81. The highest BCUT2D eigenvalue weighted by atomic mass is 16.5. The lowest BCUT2D eigenvalue weighted by Gasteiger charge is -2.26. The van der Waals surface area contributed by atoms with Crippen molar-refractivity contribution in [2.24, 2.45) is 0 Å². The number of likely N-dealkylation sites (tertiary alicyclic amines) is 1. The summed E-state index contributed by atoms with van der Waals surface area (Å²) in [5.74, 6) is -0.374.